The van der Waals surface area contributed by atoms with Gasteiger partial charge in [0, 0.05) is 22.2 Å². The molecule has 108 valence electrons. The summed E-state index contributed by atoms with van der Waals surface area (Å²) in [5.74, 6) is 8.98. The van der Waals surface area contributed by atoms with Crippen molar-refractivity contribution in [2.24, 2.45) is 11.7 Å². The first kappa shape index (κ1) is 15.4. The van der Waals surface area contributed by atoms with Gasteiger partial charge in [-0.05, 0) is 36.3 Å². The summed E-state index contributed by atoms with van der Waals surface area (Å²) in [7, 11) is 0. The SMILES string of the molecule is NCC#Cc1csc(CNC(=O)CC2CCSCC2)c1. The molecule has 0 atom stereocenters. The Morgan fingerprint density at radius 3 is 3.00 bits per heavy atom. The van der Waals surface area contributed by atoms with Crippen LogP contribution in [0.25, 0.3) is 0 Å². The van der Waals surface area contributed by atoms with Gasteiger partial charge >= 0.3 is 0 Å². The van der Waals surface area contributed by atoms with Crippen molar-refractivity contribution in [1.29, 1.82) is 0 Å². The summed E-state index contributed by atoms with van der Waals surface area (Å²) in [6, 6.07) is 2.02. The van der Waals surface area contributed by atoms with Crippen molar-refractivity contribution >= 4 is 29.0 Å². The Kier molecular flexibility index (Phi) is 6.44. The predicted molar refractivity (Wildman–Crippen MR) is 86.8 cm³/mol. The van der Waals surface area contributed by atoms with Crippen LogP contribution in [-0.2, 0) is 11.3 Å². The molecule has 1 aromatic heterocycles. The second-order valence-corrected chi connectivity index (χ2v) is 7.06. The molecule has 1 aromatic rings. The second kappa shape index (κ2) is 8.35. The highest BCUT2D eigenvalue weighted by atomic mass is 32.2. The topological polar surface area (TPSA) is 55.1 Å². The van der Waals surface area contributed by atoms with Gasteiger partial charge in [0.25, 0.3) is 0 Å². The zero-order chi connectivity index (χ0) is 14.2. The Balaban J connectivity index is 1.73. The molecule has 0 radical (unpaired) electrons. The van der Waals surface area contributed by atoms with E-state index in [-0.39, 0.29) is 5.91 Å². The largest absolute Gasteiger partial charge is 0.351 e. The normalized spacial score (nSPS) is 15.4. The van der Waals surface area contributed by atoms with Crippen molar-refractivity contribution in [3.8, 4) is 11.8 Å². The third kappa shape index (κ3) is 5.20. The van der Waals surface area contributed by atoms with E-state index in [0.717, 1.165) is 10.4 Å². The molecule has 1 fully saturated rings. The number of thioether (sulfide) groups is 1. The van der Waals surface area contributed by atoms with Gasteiger partial charge in [0.15, 0.2) is 0 Å². The standard InChI is InChI=1S/C15H20N2OS2/c16-5-1-2-13-8-14(20-11-13)10-17-15(18)9-12-3-6-19-7-4-12/h8,11-12H,3-7,9-10,16H2,(H,17,18). The van der Waals surface area contributed by atoms with E-state index in [1.54, 1.807) is 11.3 Å². The number of carbonyl (C=O) groups excluding carboxylic acids is 1. The number of hydrogen-bond donors (Lipinski definition) is 2. The van der Waals surface area contributed by atoms with Gasteiger partial charge < -0.3 is 11.1 Å². The summed E-state index contributed by atoms with van der Waals surface area (Å²) in [5, 5.41) is 5.01. The van der Waals surface area contributed by atoms with Crippen LogP contribution in [0.5, 0.6) is 0 Å². The monoisotopic (exact) mass is 308 g/mol. The maximum absolute atomic E-state index is 11.9. The molecule has 0 aromatic carbocycles. The molecule has 2 heterocycles. The van der Waals surface area contributed by atoms with E-state index in [4.69, 9.17) is 5.73 Å². The van der Waals surface area contributed by atoms with Crippen LogP contribution < -0.4 is 11.1 Å². The minimum absolute atomic E-state index is 0.171. The van der Waals surface area contributed by atoms with Crippen LogP contribution in [0.4, 0.5) is 0 Å². The van der Waals surface area contributed by atoms with Crippen LogP contribution in [0.15, 0.2) is 11.4 Å². The van der Waals surface area contributed by atoms with Crippen molar-refractivity contribution in [2.75, 3.05) is 18.1 Å². The van der Waals surface area contributed by atoms with Crippen LogP contribution >= 0.6 is 23.1 Å². The summed E-state index contributed by atoms with van der Waals surface area (Å²) in [5.41, 5.74) is 6.32. The van der Waals surface area contributed by atoms with E-state index in [1.165, 1.54) is 24.3 Å². The number of thiophene rings is 1. The number of rotatable bonds is 4. The lowest BCUT2D eigenvalue weighted by Crippen LogP contribution is -2.26. The molecule has 0 saturated carbocycles. The molecule has 1 amide bonds. The smallest absolute Gasteiger partial charge is 0.220 e. The van der Waals surface area contributed by atoms with Gasteiger partial charge in [0.1, 0.15) is 0 Å². The molecule has 1 saturated heterocycles. The molecule has 5 heteroatoms. The van der Waals surface area contributed by atoms with E-state index in [2.05, 4.69) is 17.2 Å². The fraction of sp³-hybridized carbons (Fsp3) is 0.533. The van der Waals surface area contributed by atoms with Crippen LogP contribution in [0, 0.1) is 17.8 Å². The highest BCUT2D eigenvalue weighted by Gasteiger charge is 2.17. The van der Waals surface area contributed by atoms with Crippen molar-refractivity contribution in [1.82, 2.24) is 5.32 Å². The lowest BCUT2D eigenvalue weighted by atomic mass is 9.98. The Labute approximate surface area is 128 Å². The van der Waals surface area contributed by atoms with E-state index in [0.29, 0.717) is 25.4 Å². The first-order valence-electron chi connectivity index (χ1n) is 6.88. The van der Waals surface area contributed by atoms with Crippen LogP contribution in [0.3, 0.4) is 0 Å². The Hall–Kier alpha value is -0.960. The molecule has 0 unspecified atom stereocenters. The summed E-state index contributed by atoms with van der Waals surface area (Å²) in [6.45, 7) is 0.983. The quantitative estimate of drug-likeness (QED) is 0.839. The maximum Gasteiger partial charge on any atom is 0.220 e. The third-order valence-electron chi connectivity index (χ3n) is 3.26. The number of nitrogens with one attached hydrogen (secondary N) is 1. The zero-order valence-corrected chi connectivity index (χ0v) is 13.1. The van der Waals surface area contributed by atoms with E-state index < -0.39 is 0 Å². The van der Waals surface area contributed by atoms with E-state index in [1.807, 2.05) is 23.2 Å². The number of amides is 1. The van der Waals surface area contributed by atoms with Gasteiger partial charge in [-0.1, -0.05) is 11.8 Å². The van der Waals surface area contributed by atoms with Crippen LogP contribution in [0.2, 0.25) is 0 Å². The molecule has 1 aliphatic heterocycles. The highest BCUT2D eigenvalue weighted by molar-refractivity contribution is 7.99. The van der Waals surface area contributed by atoms with Crippen molar-refractivity contribution in [2.45, 2.75) is 25.8 Å². The lowest BCUT2D eigenvalue weighted by Gasteiger charge is -2.20. The molecule has 1 aliphatic rings. The van der Waals surface area contributed by atoms with Crippen LogP contribution in [0.1, 0.15) is 29.7 Å². The fourth-order valence-electron chi connectivity index (χ4n) is 2.16. The fourth-order valence-corrected chi connectivity index (χ4v) is 4.12. The Bertz CT molecular complexity index is 495. The summed E-state index contributed by atoms with van der Waals surface area (Å²) in [4.78, 5) is 13.0. The van der Waals surface area contributed by atoms with Gasteiger partial charge in [-0.2, -0.15) is 11.8 Å². The molecular formula is C15H20N2OS2. The van der Waals surface area contributed by atoms with Gasteiger partial charge in [-0.25, -0.2) is 0 Å². The van der Waals surface area contributed by atoms with E-state index >= 15 is 0 Å². The number of carbonyl (C=O) groups is 1. The molecule has 2 rings (SSSR count). The molecule has 0 spiro atoms. The summed E-state index contributed by atoms with van der Waals surface area (Å²) >= 11 is 3.62. The zero-order valence-electron chi connectivity index (χ0n) is 11.5. The number of nitrogens with two attached hydrogens (primary N) is 1. The molecule has 20 heavy (non-hydrogen) atoms. The highest BCUT2D eigenvalue weighted by Crippen LogP contribution is 2.25. The Morgan fingerprint density at radius 1 is 1.45 bits per heavy atom. The first-order chi connectivity index (χ1) is 9.78. The molecule has 3 N–H and O–H groups in total. The molecule has 3 nitrogen and oxygen atoms in total. The molecule has 0 aliphatic carbocycles. The minimum Gasteiger partial charge on any atom is -0.351 e. The average Bonchev–Trinajstić information content (AvgIpc) is 2.92. The average molecular weight is 308 g/mol. The lowest BCUT2D eigenvalue weighted by molar-refractivity contribution is -0.122. The predicted octanol–water partition coefficient (Wildman–Crippen LogP) is 2.21. The third-order valence-corrected chi connectivity index (χ3v) is 5.25. The van der Waals surface area contributed by atoms with E-state index in [9.17, 15) is 4.79 Å². The van der Waals surface area contributed by atoms with Gasteiger partial charge in [0.05, 0.1) is 13.1 Å². The minimum atomic E-state index is 0.171. The van der Waals surface area contributed by atoms with Gasteiger partial charge in [0.2, 0.25) is 5.91 Å². The van der Waals surface area contributed by atoms with Crippen LogP contribution in [-0.4, -0.2) is 24.0 Å². The van der Waals surface area contributed by atoms with Crippen molar-refractivity contribution in [3.63, 3.8) is 0 Å². The first-order valence-corrected chi connectivity index (χ1v) is 8.92. The van der Waals surface area contributed by atoms with Gasteiger partial charge in [-0.15, -0.1) is 11.3 Å². The second-order valence-electron chi connectivity index (χ2n) is 4.84. The van der Waals surface area contributed by atoms with Crippen molar-refractivity contribution < 1.29 is 4.79 Å². The molecular weight excluding hydrogens is 288 g/mol. The summed E-state index contributed by atoms with van der Waals surface area (Å²) in [6.07, 6.45) is 3.03. The van der Waals surface area contributed by atoms with Gasteiger partial charge in [-0.3, -0.25) is 4.79 Å². The molecule has 0 bridgehead atoms. The Morgan fingerprint density at radius 2 is 2.25 bits per heavy atom. The van der Waals surface area contributed by atoms with Crippen molar-refractivity contribution in [3.05, 3.63) is 21.9 Å². The maximum atomic E-state index is 11.9. The number of hydrogen-bond acceptors (Lipinski definition) is 4. The summed E-state index contributed by atoms with van der Waals surface area (Å²) < 4.78 is 0.